The highest BCUT2D eigenvalue weighted by Gasteiger charge is 2.03. The van der Waals surface area contributed by atoms with E-state index >= 15 is 0 Å². The minimum absolute atomic E-state index is 0.362. The van der Waals surface area contributed by atoms with Crippen LogP contribution in [0.25, 0.3) is 0 Å². The van der Waals surface area contributed by atoms with Crippen molar-refractivity contribution in [2.45, 2.75) is 0 Å². The maximum absolute atomic E-state index is 11.5. The number of methoxy groups -OCH3 is 3. The summed E-state index contributed by atoms with van der Waals surface area (Å²) in [4.78, 5) is 11.5. The molecule has 0 N–H and O–H groups in total. The third-order valence-electron chi connectivity index (χ3n) is 4.28. The highest BCUT2D eigenvalue weighted by molar-refractivity contribution is 5.89. The van der Waals surface area contributed by atoms with Crippen LogP contribution < -0.4 is 9.47 Å². The quantitative estimate of drug-likeness (QED) is 0.489. The number of benzene rings is 3. The van der Waals surface area contributed by atoms with Gasteiger partial charge in [0.1, 0.15) is 0 Å². The van der Waals surface area contributed by atoms with Gasteiger partial charge in [0.2, 0.25) is 0 Å². The Morgan fingerprint density at radius 3 is 1.50 bits per heavy atom. The number of ether oxygens (including phenoxy) is 3. The summed E-state index contributed by atoms with van der Waals surface area (Å²) in [5, 5.41) is 0. The van der Waals surface area contributed by atoms with E-state index in [0.717, 1.165) is 22.3 Å². The molecular weight excluding hydrogens is 376 g/mol. The van der Waals surface area contributed by atoms with Gasteiger partial charge in [-0.25, -0.2) is 4.79 Å². The normalized spacial score (nSPS) is 9.43. The molecular formula is C26H20O4. The summed E-state index contributed by atoms with van der Waals surface area (Å²) in [5.74, 6) is 13.4. The van der Waals surface area contributed by atoms with Crippen molar-refractivity contribution < 1.29 is 19.0 Å². The maximum atomic E-state index is 11.5. The van der Waals surface area contributed by atoms with Crippen LogP contribution >= 0.6 is 0 Å². The Morgan fingerprint density at radius 1 is 0.600 bits per heavy atom. The zero-order chi connectivity index (χ0) is 21.3. The van der Waals surface area contributed by atoms with Crippen LogP contribution in [0.1, 0.15) is 32.6 Å². The molecule has 0 saturated heterocycles. The van der Waals surface area contributed by atoms with E-state index in [1.807, 2.05) is 42.5 Å². The fraction of sp³-hybridized carbons (Fsp3) is 0.115. The number of esters is 1. The SMILES string of the molecule is COC(=O)c1ccc(C#Cc2ccc(C#Cc3ccc(OC)c(OC)c3)cc2)cc1. The topological polar surface area (TPSA) is 44.8 Å². The lowest BCUT2D eigenvalue weighted by Crippen LogP contribution is -2.00. The number of rotatable bonds is 3. The molecule has 0 heterocycles. The van der Waals surface area contributed by atoms with Crippen molar-refractivity contribution in [3.63, 3.8) is 0 Å². The highest BCUT2D eigenvalue weighted by Crippen LogP contribution is 2.27. The van der Waals surface area contributed by atoms with Gasteiger partial charge < -0.3 is 14.2 Å². The van der Waals surface area contributed by atoms with Gasteiger partial charge in [-0.3, -0.25) is 0 Å². The Kier molecular flexibility index (Phi) is 6.77. The molecule has 0 aliphatic carbocycles. The average molecular weight is 396 g/mol. The minimum atomic E-state index is -0.362. The van der Waals surface area contributed by atoms with E-state index in [2.05, 4.69) is 28.4 Å². The first kappa shape index (κ1) is 20.6. The molecule has 0 unspecified atom stereocenters. The second-order valence-corrected chi connectivity index (χ2v) is 6.22. The average Bonchev–Trinajstić information content (AvgIpc) is 2.81. The molecule has 3 rings (SSSR count). The van der Waals surface area contributed by atoms with Crippen molar-refractivity contribution in [3.8, 4) is 35.2 Å². The molecule has 30 heavy (non-hydrogen) atoms. The maximum Gasteiger partial charge on any atom is 0.337 e. The molecule has 4 heteroatoms. The van der Waals surface area contributed by atoms with Crippen molar-refractivity contribution in [3.05, 3.63) is 94.5 Å². The van der Waals surface area contributed by atoms with E-state index in [1.54, 1.807) is 38.5 Å². The van der Waals surface area contributed by atoms with Crippen molar-refractivity contribution in [2.24, 2.45) is 0 Å². The molecule has 0 fully saturated rings. The van der Waals surface area contributed by atoms with Crippen LogP contribution in [0, 0.1) is 23.7 Å². The van der Waals surface area contributed by atoms with E-state index < -0.39 is 0 Å². The summed E-state index contributed by atoms with van der Waals surface area (Å²) in [6.45, 7) is 0. The Balaban J connectivity index is 1.70. The van der Waals surface area contributed by atoms with Crippen molar-refractivity contribution in [1.29, 1.82) is 0 Å². The number of hydrogen-bond acceptors (Lipinski definition) is 4. The van der Waals surface area contributed by atoms with Gasteiger partial charge in [0.05, 0.1) is 26.9 Å². The summed E-state index contributed by atoms with van der Waals surface area (Å²) < 4.78 is 15.2. The minimum Gasteiger partial charge on any atom is -0.493 e. The lowest BCUT2D eigenvalue weighted by atomic mass is 10.1. The van der Waals surface area contributed by atoms with Gasteiger partial charge in [0, 0.05) is 22.3 Å². The monoisotopic (exact) mass is 396 g/mol. The molecule has 0 spiro atoms. The molecule has 0 radical (unpaired) electrons. The predicted octanol–water partition coefficient (Wildman–Crippen LogP) is 4.29. The molecule has 0 aliphatic rings. The van der Waals surface area contributed by atoms with Crippen LogP contribution in [0.15, 0.2) is 66.7 Å². The van der Waals surface area contributed by atoms with Gasteiger partial charge in [-0.05, 0) is 66.7 Å². The van der Waals surface area contributed by atoms with Crippen LogP contribution in [0.3, 0.4) is 0 Å². The van der Waals surface area contributed by atoms with Crippen LogP contribution in [0.5, 0.6) is 11.5 Å². The first-order chi connectivity index (χ1) is 14.6. The summed E-state index contributed by atoms with van der Waals surface area (Å²) in [5.41, 5.74) is 3.92. The lowest BCUT2D eigenvalue weighted by molar-refractivity contribution is 0.0600. The molecule has 0 saturated carbocycles. The van der Waals surface area contributed by atoms with Crippen LogP contribution in [-0.2, 0) is 4.74 Å². The van der Waals surface area contributed by atoms with Crippen LogP contribution in [-0.4, -0.2) is 27.3 Å². The standard InChI is InChI=1S/C26H20O4/c1-28-24-17-14-22(18-25(24)29-2)11-10-20-6-4-19(5-7-20)8-9-21-12-15-23(16-13-21)26(27)30-3/h4-7,12-18H,1-3H3. The Labute approximate surface area is 176 Å². The van der Waals surface area contributed by atoms with Gasteiger partial charge in [-0.15, -0.1) is 0 Å². The number of carbonyl (C=O) groups is 1. The third kappa shape index (κ3) is 5.22. The Hall–Kier alpha value is -4.15. The molecule has 3 aromatic rings. The molecule has 0 amide bonds. The van der Waals surface area contributed by atoms with Gasteiger partial charge in [-0.2, -0.15) is 0 Å². The van der Waals surface area contributed by atoms with Crippen molar-refractivity contribution in [2.75, 3.05) is 21.3 Å². The van der Waals surface area contributed by atoms with Gasteiger partial charge in [0.25, 0.3) is 0 Å². The highest BCUT2D eigenvalue weighted by atomic mass is 16.5. The van der Waals surface area contributed by atoms with E-state index in [0.29, 0.717) is 17.1 Å². The van der Waals surface area contributed by atoms with Crippen LogP contribution in [0.2, 0.25) is 0 Å². The molecule has 3 aromatic carbocycles. The Morgan fingerprint density at radius 2 is 1.03 bits per heavy atom. The molecule has 4 nitrogen and oxygen atoms in total. The van der Waals surface area contributed by atoms with E-state index in [4.69, 9.17) is 9.47 Å². The Bertz CT molecular complexity index is 1150. The second kappa shape index (κ2) is 9.87. The fourth-order valence-corrected chi connectivity index (χ4v) is 2.65. The predicted molar refractivity (Wildman–Crippen MR) is 116 cm³/mol. The zero-order valence-electron chi connectivity index (χ0n) is 17.0. The van der Waals surface area contributed by atoms with Gasteiger partial charge >= 0.3 is 5.97 Å². The van der Waals surface area contributed by atoms with Gasteiger partial charge in [-0.1, -0.05) is 23.7 Å². The molecule has 0 atom stereocenters. The smallest absolute Gasteiger partial charge is 0.337 e. The number of hydrogen-bond donors (Lipinski definition) is 0. The summed E-state index contributed by atoms with van der Waals surface area (Å²) in [6.07, 6.45) is 0. The van der Waals surface area contributed by atoms with E-state index in [9.17, 15) is 4.79 Å². The van der Waals surface area contributed by atoms with Crippen molar-refractivity contribution in [1.82, 2.24) is 0 Å². The first-order valence-electron chi connectivity index (χ1n) is 9.17. The first-order valence-corrected chi connectivity index (χ1v) is 9.17. The van der Waals surface area contributed by atoms with E-state index in [-0.39, 0.29) is 5.97 Å². The third-order valence-corrected chi connectivity index (χ3v) is 4.28. The lowest BCUT2D eigenvalue weighted by Gasteiger charge is -2.06. The van der Waals surface area contributed by atoms with Crippen molar-refractivity contribution >= 4 is 5.97 Å². The largest absolute Gasteiger partial charge is 0.493 e. The van der Waals surface area contributed by atoms with Gasteiger partial charge in [0.15, 0.2) is 11.5 Å². The summed E-state index contributed by atoms with van der Waals surface area (Å²) in [6, 6.07) is 20.3. The van der Waals surface area contributed by atoms with Crippen LogP contribution in [0.4, 0.5) is 0 Å². The second-order valence-electron chi connectivity index (χ2n) is 6.22. The molecule has 0 aliphatic heterocycles. The summed E-state index contributed by atoms with van der Waals surface area (Å²) >= 11 is 0. The summed E-state index contributed by atoms with van der Waals surface area (Å²) in [7, 11) is 4.56. The molecule has 0 aromatic heterocycles. The van der Waals surface area contributed by atoms with E-state index in [1.165, 1.54) is 7.11 Å². The number of carbonyl (C=O) groups excluding carboxylic acids is 1. The fourth-order valence-electron chi connectivity index (χ4n) is 2.65. The molecule has 148 valence electrons. The zero-order valence-corrected chi connectivity index (χ0v) is 17.0. The molecule has 0 bridgehead atoms.